The first kappa shape index (κ1) is 20.5. The molecular formula is C21H29N5OS. The molecular weight excluding hydrogens is 370 g/mol. The maximum atomic E-state index is 12.4. The molecule has 0 aliphatic heterocycles. The minimum absolute atomic E-state index is 0.0462. The average molecular weight is 400 g/mol. The van der Waals surface area contributed by atoms with Crippen molar-refractivity contribution in [3.63, 3.8) is 0 Å². The van der Waals surface area contributed by atoms with E-state index in [1.807, 2.05) is 18.2 Å². The number of hydrogen-bond donors (Lipinski definition) is 1. The van der Waals surface area contributed by atoms with Crippen LogP contribution in [0.5, 0.6) is 0 Å². The van der Waals surface area contributed by atoms with Gasteiger partial charge in [-0.15, -0.1) is 16.8 Å². The third-order valence-corrected chi connectivity index (χ3v) is 5.75. The molecule has 0 saturated heterocycles. The number of carbonyl (C=O) groups excluding carboxylic acids is 1. The topological polar surface area (TPSA) is 63.1 Å². The van der Waals surface area contributed by atoms with Gasteiger partial charge in [-0.1, -0.05) is 17.8 Å². The Morgan fingerprint density at radius 2 is 2.07 bits per heavy atom. The zero-order chi connectivity index (χ0) is 20.1. The second kappa shape index (κ2) is 9.28. The molecule has 1 aromatic heterocycles. The number of hydrogen-bond acceptors (Lipinski definition) is 5. The number of aromatic nitrogens is 3. The molecule has 3 rings (SSSR count). The summed E-state index contributed by atoms with van der Waals surface area (Å²) in [7, 11) is 0. The van der Waals surface area contributed by atoms with Gasteiger partial charge in [-0.2, -0.15) is 0 Å². The number of anilines is 2. The average Bonchev–Trinajstić information content (AvgIpc) is 3.44. The van der Waals surface area contributed by atoms with Gasteiger partial charge < -0.3 is 14.8 Å². The lowest BCUT2D eigenvalue weighted by Crippen LogP contribution is -2.30. The molecule has 1 N–H and O–H groups in total. The van der Waals surface area contributed by atoms with E-state index in [2.05, 4.69) is 64.5 Å². The molecule has 28 heavy (non-hydrogen) atoms. The molecule has 150 valence electrons. The van der Waals surface area contributed by atoms with Crippen LogP contribution in [0.1, 0.15) is 45.4 Å². The highest BCUT2D eigenvalue weighted by Crippen LogP contribution is 2.40. The van der Waals surface area contributed by atoms with Gasteiger partial charge in [0.25, 0.3) is 0 Å². The number of rotatable bonds is 10. The number of nitrogens with zero attached hydrogens (tertiary/aromatic N) is 4. The maximum absolute atomic E-state index is 12.4. The monoisotopic (exact) mass is 399 g/mol. The predicted molar refractivity (Wildman–Crippen MR) is 116 cm³/mol. The highest BCUT2D eigenvalue weighted by atomic mass is 32.2. The van der Waals surface area contributed by atoms with Gasteiger partial charge in [0.05, 0.1) is 5.75 Å². The molecule has 1 saturated carbocycles. The predicted octanol–water partition coefficient (Wildman–Crippen LogP) is 4.31. The Hall–Kier alpha value is -2.28. The van der Waals surface area contributed by atoms with Crippen LogP contribution in [0.2, 0.25) is 0 Å². The minimum Gasteiger partial charge on any atom is -0.369 e. The first-order valence-electron chi connectivity index (χ1n) is 9.86. The highest BCUT2D eigenvalue weighted by Gasteiger charge is 2.30. The van der Waals surface area contributed by atoms with E-state index in [0.29, 0.717) is 24.3 Å². The third kappa shape index (κ3) is 4.95. The molecule has 1 aliphatic carbocycles. The van der Waals surface area contributed by atoms with Gasteiger partial charge in [0, 0.05) is 36.4 Å². The fourth-order valence-corrected chi connectivity index (χ4v) is 4.02. The van der Waals surface area contributed by atoms with Crippen molar-refractivity contribution in [2.45, 2.75) is 57.3 Å². The third-order valence-electron chi connectivity index (χ3n) is 4.78. The molecule has 1 aliphatic rings. The van der Waals surface area contributed by atoms with Crippen molar-refractivity contribution >= 4 is 29.0 Å². The van der Waals surface area contributed by atoms with Crippen LogP contribution < -0.4 is 10.2 Å². The van der Waals surface area contributed by atoms with Crippen molar-refractivity contribution in [1.82, 2.24) is 14.8 Å². The van der Waals surface area contributed by atoms with Crippen LogP contribution >= 0.6 is 11.8 Å². The Labute approximate surface area is 171 Å². The molecule has 1 aromatic carbocycles. The number of amides is 1. The van der Waals surface area contributed by atoms with E-state index in [1.165, 1.54) is 24.6 Å². The quantitative estimate of drug-likeness (QED) is 0.476. The fraction of sp³-hybridized carbons (Fsp3) is 0.476. The van der Waals surface area contributed by atoms with Crippen LogP contribution in [0.4, 0.5) is 11.4 Å². The Morgan fingerprint density at radius 1 is 1.36 bits per heavy atom. The van der Waals surface area contributed by atoms with E-state index < -0.39 is 0 Å². The molecule has 1 heterocycles. The van der Waals surface area contributed by atoms with Gasteiger partial charge in [-0.05, 0) is 57.9 Å². The van der Waals surface area contributed by atoms with Crippen molar-refractivity contribution in [2.75, 3.05) is 22.5 Å². The van der Waals surface area contributed by atoms with Gasteiger partial charge >= 0.3 is 0 Å². The zero-order valence-electron chi connectivity index (χ0n) is 16.9. The molecule has 0 radical (unpaired) electrons. The molecule has 0 bridgehead atoms. The Balaban J connectivity index is 1.57. The second-order valence-corrected chi connectivity index (χ2v) is 8.22. The second-order valence-electron chi connectivity index (χ2n) is 7.28. The van der Waals surface area contributed by atoms with E-state index in [1.54, 1.807) is 0 Å². The van der Waals surface area contributed by atoms with Crippen molar-refractivity contribution in [1.29, 1.82) is 0 Å². The van der Waals surface area contributed by atoms with Gasteiger partial charge in [-0.25, -0.2) is 0 Å². The summed E-state index contributed by atoms with van der Waals surface area (Å²) in [5.74, 6) is 1.79. The van der Waals surface area contributed by atoms with E-state index in [-0.39, 0.29) is 5.91 Å². The van der Waals surface area contributed by atoms with Crippen LogP contribution in [-0.2, 0) is 11.3 Å². The first-order valence-corrected chi connectivity index (χ1v) is 10.8. The lowest BCUT2D eigenvalue weighted by Gasteiger charge is -2.27. The summed E-state index contributed by atoms with van der Waals surface area (Å²) in [6.45, 7) is 11.9. The molecule has 0 atom stereocenters. The number of nitrogens with one attached hydrogen (secondary N) is 1. The summed E-state index contributed by atoms with van der Waals surface area (Å²) in [4.78, 5) is 14.7. The van der Waals surface area contributed by atoms with Crippen LogP contribution in [0.15, 0.2) is 42.1 Å². The normalized spacial score (nSPS) is 13.6. The van der Waals surface area contributed by atoms with E-state index in [4.69, 9.17) is 0 Å². The van der Waals surface area contributed by atoms with Crippen molar-refractivity contribution in [3.8, 4) is 0 Å². The number of benzene rings is 1. The summed E-state index contributed by atoms with van der Waals surface area (Å²) < 4.78 is 2.07. The molecule has 7 heteroatoms. The number of allylic oxidation sites excluding steroid dienone is 1. The summed E-state index contributed by atoms with van der Waals surface area (Å²) in [5, 5.41) is 12.3. The molecule has 1 fully saturated rings. The molecule has 0 spiro atoms. The minimum atomic E-state index is -0.0462. The number of thioether (sulfide) groups is 1. The van der Waals surface area contributed by atoms with Crippen LogP contribution in [0.3, 0.4) is 0 Å². The van der Waals surface area contributed by atoms with Crippen LogP contribution in [0.25, 0.3) is 0 Å². The Kier molecular flexibility index (Phi) is 6.78. The van der Waals surface area contributed by atoms with E-state index in [0.717, 1.165) is 28.9 Å². The summed E-state index contributed by atoms with van der Waals surface area (Å²) in [5.41, 5.74) is 1.97. The molecule has 1 amide bonds. The summed E-state index contributed by atoms with van der Waals surface area (Å²) in [6, 6.07) is 8.45. The van der Waals surface area contributed by atoms with Crippen molar-refractivity contribution < 1.29 is 4.79 Å². The highest BCUT2D eigenvalue weighted by molar-refractivity contribution is 7.99. The largest absolute Gasteiger partial charge is 0.369 e. The summed E-state index contributed by atoms with van der Waals surface area (Å²) >= 11 is 1.42. The van der Waals surface area contributed by atoms with E-state index in [9.17, 15) is 4.79 Å². The molecule has 2 aromatic rings. The zero-order valence-corrected chi connectivity index (χ0v) is 17.7. The van der Waals surface area contributed by atoms with Gasteiger partial charge in [0.1, 0.15) is 5.82 Å². The van der Waals surface area contributed by atoms with E-state index >= 15 is 0 Å². The molecule has 0 unspecified atom stereocenters. The fourth-order valence-electron chi connectivity index (χ4n) is 3.26. The Bertz CT molecular complexity index is 811. The van der Waals surface area contributed by atoms with Crippen molar-refractivity contribution in [2.24, 2.45) is 0 Å². The SMILES string of the molecule is C=CCn1c(SCC(=O)Nc2ccc(N(CC)C(C)C)cc2)nnc1C1CC1. The number of carbonyl (C=O) groups is 1. The van der Waals surface area contributed by atoms with Crippen molar-refractivity contribution in [3.05, 3.63) is 42.7 Å². The standard InChI is InChI=1S/C21H29N5OS/c1-5-13-26-20(16-7-8-16)23-24-21(26)28-14-19(27)22-17-9-11-18(12-10-17)25(6-2)15(3)4/h5,9-12,15-16H,1,6-8,13-14H2,2-4H3,(H,22,27). The lowest BCUT2D eigenvalue weighted by atomic mass is 10.2. The Morgan fingerprint density at radius 3 is 2.64 bits per heavy atom. The van der Waals surface area contributed by atoms with Gasteiger partial charge in [-0.3, -0.25) is 4.79 Å². The molecule has 6 nitrogen and oxygen atoms in total. The smallest absolute Gasteiger partial charge is 0.234 e. The van der Waals surface area contributed by atoms with Crippen LogP contribution in [0, 0.1) is 0 Å². The first-order chi connectivity index (χ1) is 13.5. The summed E-state index contributed by atoms with van der Waals surface area (Å²) in [6.07, 6.45) is 4.18. The lowest BCUT2D eigenvalue weighted by molar-refractivity contribution is -0.113. The van der Waals surface area contributed by atoms with Gasteiger partial charge in [0.2, 0.25) is 5.91 Å². The van der Waals surface area contributed by atoms with Crippen LogP contribution in [-0.4, -0.2) is 39.0 Å². The maximum Gasteiger partial charge on any atom is 0.234 e. The van der Waals surface area contributed by atoms with Gasteiger partial charge in [0.15, 0.2) is 5.16 Å².